The average molecular weight is 271 g/mol. The first-order valence-corrected chi connectivity index (χ1v) is 7.14. The van der Waals surface area contributed by atoms with Crippen molar-refractivity contribution in [1.29, 1.82) is 0 Å². The summed E-state index contributed by atoms with van der Waals surface area (Å²) in [5, 5.41) is 10.2. The van der Waals surface area contributed by atoms with E-state index < -0.39 is 0 Å². The number of pyridine rings is 1. The van der Waals surface area contributed by atoms with Crippen LogP contribution in [0.2, 0.25) is 0 Å². The van der Waals surface area contributed by atoms with E-state index in [9.17, 15) is 5.11 Å². The number of nitrogens with zero attached hydrogens (tertiary/aromatic N) is 1. The summed E-state index contributed by atoms with van der Waals surface area (Å²) in [6.45, 7) is 4.37. The van der Waals surface area contributed by atoms with E-state index in [0.29, 0.717) is 11.8 Å². The Bertz CT molecular complexity index is 603. The van der Waals surface area contributed by atoms with Gasteiger partial charge in [-0.2, -0.15) is 0 Å². The molecule has 2 aliphatic rings. The van der Waals surface area contributed by atoms with Crippen molar-refractivity contribution in [3.63, 3.8) is 0 Å². The maximum Gasteiger partial charge on any atom is 0.213 e. The lowest BCUT2D eigenvalue weighted by atomic mass is 9.58. The molecule has 0 saturated heterocycles. The highest BCUT2D eigenvalue weighted by atomic mass is 16.5. The summed E-state index contributed by atoms with van der Waals surface area (Å²) < 4.78 is 5.24. The molecule has 3 nitrogen and oxygen atoms in total. The molecular formula is C17H21NO2. The van der Waals surface area contributed by atoms with Crippen molar-refractivity contribution in [3.05, 3.63) is 46.7 Å². The topological polar surface area (TPSA) is 42.4 Å². The van der Waals surface area contributed by atoms with E-state index in [0.717, 1.165) is 24.1 Å². The maximum absolute atomic E-state index is 10.2. The van der Waals surface area contributed by atoms with Crippen LogP contribution in [0.1, 0.15) is 31.5 Å². The van der Waals surface area contributed by atoms with Gasteiger partial charge < -0.3 is 9.84 Å². The largest absolute Gasteiger partial charge is 0.481 e. The van der Waals surface area contributed by atoms with Crippen molar-refractivity contribution in [1.82, 2.24) is 4.98 Å². The Hall–Kier alpha value is -1.61. The predicted molar refractivity (Wildman–Crippen MR) is 78.9 cm³/mol. The maximum atomic E-state index is 10.2. The lowest BCUT2D eigenvalue weighted by Crippen LogP contribution is -2.43. The van der Waals surface area contributed by atoms with Crippen LogP contribution < -0.4 is 4.74 Å². The van der Waals surface area contributed by atoms with Gasteiger partial charge in [0.25, 0.3) is 0 Å². The Kier molecular flexibility index (Phi) is 3.17. The van der Waals surface area contributed by atoms with Gasteiger partial charge in [0.2, 0.25) is 5.88 Å². The Morgan fingerprint density at radius 1 is 1.50 bits per heavy atom. The summed E-state index contributed by atoms with van der Waals surface area (Å²) >= 11 is 0. The predicted octanol–water partition coefficient (Wildman–Crippen LogP) is 2.79. The first-order valence-electron chi connectivity index (χ1n) is 7.14. The molecule has 0 radical (unpaired) electrons. The van der Waals surface area contributed by atoms with Crippen LogP contribution in [0.25, 0.3) is 0 Å². The normalized spacial score (nSPS) is 29.9. The van der Waals surface area contributed by atoms with E-state index in [2.05, 4.69) is 37.0 Å². The van der Waals surface area contributed by atoms with E-state index in [-0.39, 0.29) is 12.0 Å². The van der Waals surface area contributed by atoms with Crippen LogP contribution in [0.3, 0.4) is 0 Å². The molecule has 1 aromatic heterocycles. The quantitative estimate of drug-likeness (QED) is 0.841. The zero-order valence-corrected chi connectivity index (χ0v) is 12.3. The van der Waals surface area contributed by atoms with Gasteiger partial charge in [-0.05, 0) is 25.8 Å². The number of aliphatic hydroxyl groups is 1. The second-order valence-electron chi connectivity index (χ2n) is 5.83. The van der Waals surface area contributed by atoms with Crippen LogP contribution in [0.4, 0.5) is 0 Å². The Labute approximate surface area is 120 Å². The molecule has 106 valence electrons. The van der Waals surface area contributed by atoms with Crippen molar-refractivity contribution < 1.29 is 9.84 Å². The first-order chi connectivity index (χ1) is 9.64. The van der Waals surface area contributed by atoms with E-state index >= 15 is 0 Å². The minimum atomic E-state index is -0.287. The van der Waals surface area contributed by atoms with Gasteiger partial charge in [-0.25, -0.2) is 4.98 Å². The van der Waals surface area contributed by atoms with Crippen molar-refractivity contribution >= 4 is 0 Å². The van der Waals surface area contributed by atoms with Crippen LogP contribution in [0.5, 0.6) is 5.88 Å². The number of methoxy groups -OCH3 is 1. The molecule has 0 aliphatic heterocycles. The Morgan fingerprint density at radius 3 is 2.95 bits per heavy atom. The number of hydrogen-bond acceptors (Lipinski definition) is 3. The van der Waals surface area contributed by atoms with Crippen molar-refractivity contribution in [2.75, 3.05) is 13.7 Å². The lowest BCUT2D eigenvalue weighted by molar-refractivity contribution is 0.196. The summed E-state index contributed by atoms with van der Waals surface area (Å²) in [4.78, 5) is 4.61. The fourth-order valence-electron chi connectivity index (χ4n) is 3.96. The van der Waals surface area contributed by atoms with Gasteiger partial charge in [0.05, 0.1) is 13.7 Å². The van der Waals surface area contributed by atoms with Gasteiger partial charge in [0, 0.05) is 29.5 Å². The third kappa shape index (κ3) is 1.73. The second kappa shape index (κ2) is 4.74. The van der Waals surface area contributed by atoms with E-state index in [1.54, 1.807) is 7.11 Å². The molecule has 1 N–H and O–H groups in total. The van der Waals surface area contributed by atoms with Gasteiger partial charge >= 0.3 is 0 Å². The molecule has 20 heavy (non-hydrogen) atoms. The Morgan fingerprint density at radius 2 is 2.30 bits per heavy atom. The smallest absolute Gasteiger partial charge is 0.213 e. The molecule has 0 unspecified atom stereocenters. The van der Waals surface area contributed by atoms with E-state index in [1.165, 1.54) is 11.1 Å². The number of aliphatic hydroxyl groups excluding tert-OH is 1. The van der Waals surface area contributed by atoms with Gasteiger partial charge in [-0.15, -0.1) is 0 Å². The fourth-order valence-corrected chi connectivity index (χ4v) is 3.96. The molecule has 0 spiro atoms. The highest BCUT2D eigenvalue weighted by Crippen LogP contribution is 2.51. The number of allylic oxidation sites excluding steroid dienone is 3. The summed E-state index contributed by atoms with van der Waals surface area (Å²) in [5.41, 5.74) is 4.64. The molecule has 3 rings (SSSR count). The minimum Gasteiger partial charge on any atom is -0.481 e. The average Bonchev–Trinajstić information content (AvgIpc) is 2.45. The molecular weight excluding hydrogens is 250 g/mol. The number of fused-ring (bicyclic) bond motifs is 4. The molecule has 2 bridgehead atoms. The molecule has 1 heterocycles. The summed E-state index contributed by atoms with van der Waals surface area (Å²) in [6, 6.07) is 3.98. The number of ether oxygens (including phenoxy) is 1. The van der Waals surface area contributed by atoms with Gasteiger partial charge in [0.1, 0.15) is 0 Å². The third-order valence-corrected chi connectivity index (χ3v) is 4.69. The summed E-state index contributed by atoms with van der Waals surface area (Å²) in [5.74, 6) is 1.01. The van der Waals surface area contributed by atoms with Crippen molar-refractivity contribution in [3.8, 4) is 5.88 Å². The highest BCUT2D eigenvalue weighted by Gasteiger charge is 2.46. The fraction of sp³-hybridized carbons (Fsp3) is 0.471. The zero-order chi connectivity index (χ0) is 14.3. The minimum absolute atomic E-state index is 0.134. The zero-order valence-electron chi connectivity index (χ0n) is 12.3. The van der Waals surface area contributed by atoms with Crippen LogP contribution in [-0.4, -0.2) is 23.8 Å². The van der Waals surface area contributed by atoms with E-state index in [4.69, 9.17) is 4.74 Å². The molecule has 0 saturated carbocycles. The standard InChI is InChI=1S/C17H21NO2/c1-4-13-12-7-11(2)9-17(13,10-19)14-5-6-16(20-3)18-15(14)8-12/h4-7,12,19H,8-10H2,1-3H3/t12-,17+/m1/s1. The molecule has 2 atom stereocenters. The number of aromatic nitrogens is 1. The lowest BCUT2D eigenvalue weighted by Gasteiger charge is -2.46. The first kappa shape index (κ1) is 13.4. The molecule has 2 aliphatic carbocycles. The third-order valence-electron chi connectivity index (χ3n) is 4.69. The molecule has 0 aromatic carbocycles. The van der Waals surface area contributed by atoms with E-state index in [1.807, 2.05) is 6.07 Å². The highest BCUT2D eigenvalue weighted by molar-refractivity contribution is 5.51. The Balaban J connectivity index is 2.23. The molecule has 3 heteroatoms. The summed E-state index contributed by atoms with van der Waals surface area (Å²) in [7, 11) is 1.64. The molecule has 0 fully saturated rings. The van der Waals surface area contributed by atoms with Crippen LogP contribution in [0, 0.1) is 5.92 Å². The number of hydrogen-bond donors (Lipinski definition) is 1. The van der Waals surface area contributed by atoms with Crippen LogP contribution in [-0.2, 0) is 11.8 Å². The van der Waals surface area contributed by atoms with Gasteiger partial charge in [-0.1, -0.05) is 29.4 Å². The summed E-state index contributed by atoms with van der Waals surface area (Å²) in [6.07, 6.45) is 6.27. The van der Waals surface area contributed by atoms with Crippen molar-refractivity contribution in [2.24, 2.45) is 5.92 Å². The SMILES string of the molecule is CC=C1[C@@H]2C=C(C)C[C@@]1(CO)c1ccc(OC)nc1C2. The van der Waals surface area contributed by atoms with Gasteiger partial charge in [0.15, 0.2) is 0 Å². The van der Waals surface area contributed by atoms with Crippen LogP contribution >= 0.6 is 0 Å². The van der Waals surface area contributed by atoms with Crippen LogP contribution in [0.15, 0.2) is 35.4 Å². The van der Waals surface area contributed by atoms with Crippen molar-refractivity contribution in [2.45, 2.75) is 32.1 Å². The molecule has 0 amide bonds. The monoisotopic (exact) mass is 271 g/mol. The van der Waals surface area contributed by atoms with Gasteiger partial charge in [-0.3, -0.25) is 0 Å². The molecule has 1 aromatic rings. The second-order valence-corrected chi connectivity index (χ2v) is 5.83. The number of rotatable bonds is 2.